The molecule has 1 amide bonds. The van der Waals surface area contributed by atoms with Crippen LogP contribution in [-0.2, 0) is 18.4 Å². The number of halogens is 1. The fourth-order valence-corrected chi connectivity index (χ4v) is 5.34. The van der Waals surface area contributed by atoms with Crippen LogP contribution in [0.3, 0.4) is 0 Å². The highest BCUT2D eigenvalue weighted by Gasteiger charge is 2.29. The second-order valence-electron chi connectivity index (χ2n) is 9.99. The number of carbonyl (C=O) groups excluding carboxylic acids is 1. The Morgan fingerprint density at radius 2 is 1.92 bits per heavy atom. The van der Waals surface area contributed by atoms with Gasteiger partial charge in [-0.2, -0.15) is 0 Å². The van der Waals surface area contributed by atoms with E-state index in [9.17, 15) is 14.0 Å². The quantitative estimate of drug-likeness (QED) is 0.570. The Labute approximate surface area is 210 Å². The molecule has 0 spiro atoms. The number of aryl methyl sites for hydroxylation is 1. The molecule has 2 aliphatic heterocycles. The standard InChI is InChI=1S/C27H33FN6O2/c1-32-24-23(9-4-12-29-24)31-25(27(32)36)34-13-5-7-21(18-34)26(35)30-16-19-10-14-33(15-11-19)17-20-6-2-3-8-22(20)28/h2-4,6,8-9,12,19,21H,5,7,10-11,13-18H2,1H3,(H,30,35)/t21-/m1/s1. The first-order valence-electron chi connectivity index (χ1n) is 12.8. The lowest BCUT2D eigenvalue weighted by molar-refractivity contribution is -0.125. The maximum absolute atomic E-state index is 14.0. The fraction of sp³-hybridized carbons (Fsp3) is 0.481. The van der Waals surface area contributed by atoms with E-state index in [4.69, 9.17) is 0 Å². The molecule has 8 nitrogen and oxygen atoms in total. The first-order valence-corrected chi connectivity index (χ1v) is 12.8. The topological polar surface area (TPSA) is 83.4 Å². The Morgan fingerprint density at radius 3 is 2.72 bits per heavy atom. The first kappa shape index (κ1) is 24.4. The van der Waals surface area contributed by atoms with Gasteiger partial charge in [-0.05, 0) is 62.9 Å². The predicted octanol–water partition coefficient (Wildman–Crippen LogP) is 2.71. The van der Waals surface area contributed by atoms with Crippen molar-refractivity contribution in [3.8, 4) is 0 Å². The molecule has 0 aliphatic carbocycles. The molecule has 36 heavy (non-hydrogen) atoms. The molecule has 1 N–H and O–H groups in total. The van der Waals surface area contributed by atoms with E-state index in [1.165, 1.54) is 10.6 Å². The zero-order valence-corrected chi connectivity index (χ0v) is 20.7. The van der Waals surface area contributed by atoms with E-state index < -0.39 is 0 Å². The number of carbonyl (C=O) groups is 1. The van der Waals surface area contributed by atoms with Gasteiger partial charge < -0.3 is 10.2 Å². The van der Waals surface area contributed by atoms with Crippen molar-refractivity contribution in [3.63, 3.8) is 0 Å². The molecule has 2 fully saturated rings. The number of piperidine rings is 2. The number of hydrogen-bond donors (Lipinski definition) is 1. The van der Waals surface area contributed by atoms with Crippen molar-refractivity contribution in [2.45, 2.75) is 32.2 Å². The molecule has 0 unspecified atom stereocenters. The second-order valence-corrected chi connectivity index (χ2v) is 9.99. The number of benzene rings is 1. The number of pyridine rings is 1. The monoisotopic (exact) mass is 492 g/mol. The van der Waals surface area contributed by atoms with Gasteiger partial charge in [-0.25, -0.2) is 14.4 Å². The molecule has 9 heteroatoms. The summed E-state index contributed by atoms with van der Waals surface area (Å²) in [6, 6.07) is 10.6. The Kier molecular flexibility index (Phi) is 7.27. The number of amides is 1. The lowest BCUT2D eigenvalue weighted by Gasteiger charge is -2.34. The van der Waals surface area contributed by atoms with Gasteiger partial charge in [0, 0.05) is 45.0 Å². The molecule has 0 bridgehead atoms. The molecular weight excluding hydrogens is 459 g/mol. The van der Waals surface area contributed by atoms with Gasteiger partial charge in [0.2, 0.25) is 5.91 Å². The van der Waals surface area contributed by atoms with Crippen LogP contribution in [0.5, 0.6) is 0 Å². The number of rotatable bonds is 6. The van der Waals surface area contributed by atoms with Crippen LogP contribution in [0.1, 0.15) is 31.2 Å². The summed E-state index contributed by atoms with van der Waals surface area (Å²) in [5.74, 6) is 0.538. The van der Waals surface area contributed by atoms with Gasteiger partial charge in [0.1, 0.15) is 11.3 Å². The van der Waals surface area contributed by atoms with Crippen molar-refractivity contribution in [1.82, 2.24) is 24.8 Å². The average molecular weight is 493 g/mol. The number of nitrogens with one attached hydrogen (secondary N) is 1. The number of likely N-dealkylation sites (tertiary alicyclic amines) is 1. The van der Waals surface area contributed by atoms with Crippen LogP contribution < -0.4 is 15.8 Å². The van der Waals surface area contributed by atoms with Gasteiger partial charge in [-0.15, -0.1) is 0 Å². The second kappa shape index (κ2) is 10.7. The van der Waals surface area contributed by atoms with E-state index in [2.05, 4.69) is 20.2 Å². The number of fused-ring (bicyclic) bond motifs is 1. The molecular formula is C27H33FN6O2. The van der Waals surface area contributed by atoms with Crippen molar-refractivity contribution in [1.29, 1.82) is 0 Å². The smallest absolute Gasteiger partial charge is 0.294 e. The molecule has 1 atom stereocenters. The molecule has 3 aromatic rings. The molecule has 2 aliphatic rings. The number of anilines is 1. The molecule has 190 valence electrons. The normalized spacial score (nSPS) is 19.5. The highest BCUT2D eigenvalue weighted by Crippen LogP contribution is 2.23. The molecule has 0 saturated carbocycles. The molecule has 0 radical (unpaired) electrons. The molecule has 2 saturated heterocycles. The lowest BCUT2D eigenvalue weighted by atomic mass is 9.94. The summed E-state index contributed by atoms with van der Waals surface area (Å²) in [4.78, 5) is 39.0. The Morgan fingerprint density at radius 1 is 1.11 bits per heavy atom. The summed E-state index contributed by atoms with van der Waals surface area (Å²) in [5, 5.41) is 3.17. The number of aromatic nitrogens is 3. The summed E-state index contributed by atoms with van der Waals surface area (Å²) >= 11 is 0. The summed E-state index contributed by atoms with van der Waals surface area (Å²) in [6.07, 6.45) is 5.26. The Balaban J connectivity index is 1.14. The molecule has 4 heterocycles. The minimum absolute atomic E-state index is 0.0489. The third-order valence-electron chi connectivity index (χ3n) is 7.52. The third-order valence-corrected chi connectivity index (χ3v) is 7.52. The van der Waals surface area contributed by atoms with Crippen molar-refractivity contribution in [2.75, 3.05) is 37.6 Å². The average Bonchev–Trinajstić information content (AvgIpc) is 2.91. The maximum atomic E-state index is 14.0. The highest BCUT2D eigenvalue weighted by atomic mass is 19.1. The number of hydrogen-bond acceptors (Lipinski definition) is 6. The molecule has 5 rings (SSSR count). The van der Waals surface area contributed by atoms with Crippen LogP contribution >= 0.6 is 0 Å². The summed E-state index contributed by atoms with van der Waals surface area (Å²) in [5.41, 5.74) is 1.77. The van der Waals surface area contributed by atoms with Crippen LogP contribution in [-0.4, -0.2) is 58.1 Å². The van der Waals surface area contributed by atoms with E-state index in [1.807, 2.05) is 23.1 Å². The largest absolute Gasteiger partial charge is 0.356 e. The minimum Gasteiger partial charge on any atom is -0.356 e. The zero-order valence-electron chi connectivity index (χ0n) is 20.7. The van der Waals surface area contributed by atoms with Crippen LogP contribution in [0.15, 0.2) is 47.4 Å². The summed E-state index contributed by atoms with van der Waals surface area (Å²) in [7, 11) is 1.71. The minimum atomic E-state index is -0.190. The van der Waals surface area contributed by atoms with Crippen LogP contribution in [0.2, 0.25) is 0 Å². The SMILES string of the molecule is Cn1c(=O)c(N2CCC[C@@H](C(=O)NCC3CCN(Cc4ccccc4F)CC3)C2)nc2cccnc21. The number of nitrogens with zero attached hydrogens (tertiary/aromatic N) is 5. The van der Waals surface area contributed by atoms with Gasteiger partial charge in [0.05, 0.1) is 5.92 Å². The lowest BCUT2D eigenvalue weighted by Crippen LogP contribution is -2.47. The summed E-state index contributed by atoms with van der Waals surface area (Å²) in [6.45, 7) is 4.28. The van der Waals surface area contributed by atoms with Gasteiger partial charge >= 0.3 is 0 Å². The van der Waals surface area contributed by atoms with Gasteiger partial charge in [-0.3, -0.25) is 19.1 Å². The Bertz CT molecular complexity index is 1290. The first-order chi connectivity index (χ1) is 17.5. The predicted molar refractivity (Wildman–Crippen MR) is 137 cm³/mol. The van der Waals surface area contributed by atoms with Gasteiger partial charge in [-0.1, -0.05) is 18.2 Å². The third kappa shape index (κ3) is 5.26. The van der Waals surface area contributed by atoms with Crippen molar-refractivity contribution < 1.29 is 9.18 Å². The van der Waals surface area contributed by atoms with E-state index in [1.54, 1.807) is 25.4 Å². The van der Waals surface area contributed by atoms with Gasteiger partial charge in [0.25, 0.3) is 5.56 Å². The van der Waals surface area contributed by atoms with Crippen LogP contribution in [0, 0.1) is 17.7 Å². The van der Waals surface area contributed by atoms with E-state index in [-0.39, 0.29) is 23.2 Å². The Hall–Kier alpha value is -3.33. The molecule has 1 aromatic carbocycles. The van der Waals surface area contributed by atoms with Crippen molar-refractivity contribution in [3.05, 3.63) is 64.3 Å². The van der Waals surface area contributed by atoms with Crippen LogP contribution in [0.4, 0.5) is 10.2 Å². The fourth-order valence-electron chi connectivity index (χ4n) is 5.34. The van der Waals surface area contributed by atoms with Gasteiger partial charge in [0.15, 0.2) is 11.5 Å². The van der Waals surface area contributed by atoms with Crippen molar-refractivity contribution in [2.24, 2.45) is 18.9 Å². The van der Waals surface area contributed by atoms with E-state index in [0.29, 0.717) is 49.1 Å². The summed E-state index contributed by atoms with van der Waals surface area (Å²) < 4.78 is 15.5. The van der Waals surface area contributed by atoms with Crippen molar-refractivity contribution >= 4 is 22.9 Å². The van der Waals surface area contributed by atoms with E-state index >= 15 is 0 Å². The van der Waals surface area contributed by atoms with E-state index in [0.717, 1.165) is 44.3 Å². The maximum Gasteiger partial charge on any atom is 0.294 e. The molecule has 2 aromatic heterocycles. The van der Waals surface area contributed by atoms with Crippen LogP contribution in [0.25, 0.3) is 11.2 Å². The highest BCUT2D eigenvalue weighted by molar-refractivity contribution is 5.79. The zero-order chi connectivity index (χ0) is 25.1.